The zero-order chi connectivity index (χ0) is 13.1. The zero-order valence-corrected chi connectivity index (χ0v) is 9.97. The van der Waals surface area contributed by atoms with E-state index in [0.29, 0.717) is 17.9 Å². The van der Waals surface area contributed by atoms with E-state index in [2.05, 4.69) is 5.32 Å². The molecule has 1 aliphatic rings. The monoisotopic (exact) mass is 257 g/mol. The van der Waals surface area contributed by atoms with E-state index in [1.54, 1.807) is 7.05 Å². The van der Waals surface area contributed by atoms with Crippen molar-refractivity contribution in [1.82, 2.24) is 5.32 Å². The van der Waals surface area contributed by atoms with Gasteiger partial charge in [-0.25, -0.2) is 13.2 Å². The molecule has 2 rings (SSSR count). The minimum absolute atomic E-state index is 0.307. The van der Waals surface area contributed by atoms with E-state index in [9.17, 15) is 13.2 Å². The Morgan fingerprint density at radius 1 is 1.22 bits per heavy atom. The summed E-state index contributed by atoms with van der Waals surface area (Å²) in [6.07, 6.45) is 3.66. The van der Waals surface area contributed by atoms with Gasteiger partial charge in [-0.1, -0.05) is 0 Å². The molecule has 0 amide bonds. The Morgan fingerprint density at radius 3 is 2.39 bits per heavy atom. The molecule has 0 spiro atoms. The van der Waals surface area contributed by atoms with Crippen molar-refractivity contribution in [3.05, 3.63) is 47.0 Å². The van der Waals surface area contributed by atoms with Crippen molar-refractivity contribution in [2.75, 3.05) is 13.7 Å². The van der Waals surface area contributed by atoms with E-state index in [-0.39, 0.29) is 0 Å². The van der Waals surface area contributed by atoms with E-state index in [1.165, 1.54) is 0 Å². The van der Waals surface area contributed by atoms with E-state index < -0.39 is 23.5 Å². The summed E-state index contributed by atoms with van der Waals surface area (Å²) in [6, 6.07) is 1.51. The van der Waals surface area contributed by atoms with Crippen molar-refractivity contribution < 1.29 is 17.9 Å². The van der Waals surface area contributed by atoms with E-state index in [1.807, 2.05) is 6.08 Å². The van der Waals surface area contributed by atoms with Crippen LogP contribution in [0.15, 0.2) is 24.0 Å². The molecule has 5 heteroatoms. The first kappa shape index (κ1) is 13.0. The first-order valence-corrected chi connectivity index (χ1v) is 5.78. The molecule has 1 aromatic rings. The Hall–Kier alpha value is -1.49. The Bertz CT molecular complexity index is 450. The lowest BCUT2D eigenvalue weighted by molar-refractivity contribution is 0.169. The van der Waals surface area contributed by atoms with Gasteiger partial charge in [0.25, 0.3) is 0 Å². The Balaban J connectivity index is 2.35. The molecular formula is C13H14F3NO. The molecule has 98 valence electrons. The lowest BCUT2D eigenvalue weighted by Gasteiger charge is -2.24. The molecule has 1 atom stereocenters. The number of hydrogen-bond donors (Lipinski definition) is 1. The highest BCUT2D eigenvalue weighted by molar-refractivity contribution is 5.28. The van der Waals surface area contributed by atoms with Crippen molar-refractivity contribution in [2.45, 2.75) is 18.9 Å². The van der Waals surface area contributed by atoms with Gasteiger partial charge in [0.1, 0.15) is 5.76 Å². The second-order valence-corrected chi connectivity index (χ2v) is 4.12. The molecule has 0 aromatic heterocycles. The van der Waals surface area contributed by atoms with Crippen LogP contribution >= 0.6 is 0 Å². The molecule has 0 radical (unpaired) electrons. The van der Waals surface area contributed by atoms with Gasteiger partial charge in [-0.2, -0.15) is 0 Å². The molecular weight excluding hydrogens is 243 g/mol. The lowest BCUT2D eigenvalue weighted by Crippen LogP contribution is -2.22. The number of benzene rings is 1. The molecule has 0 bridgehead atoms. The fraction of sp³-hybridized carbons (Fsp3) is 0.385. The van der Waals surface area contributed by atoms with Gasteiger partial charge in [-0.15, -0.1) is 0 Å². The van der Waals surface area contributed by atoms with Crippen molar-refractivity contribution >= 4 is 0 Å². The van der Waals surface area contributed by atoms with Gasteiger partial charge in [0.15, 0.2) is 17.5 Å². The minimum atomic E-state index is -1.45. The van der Waals surface area contributed by atoms with E-state index >= 15 is 0 Å². The van der Waals surface area contributed by atoms with Gasteiger partial charge in [-0.3, -0.25) is 0 Å². The number of halogens is 3. The Kier molecular flexibility index (Phi) is 3.91. The molecule has 2 nitrogen and oxygen atoms in total. The lowest BCUT2D eigenvalue weighted by atomic mass is 10.0. The maximum atomic E-state index is 13.2. The van der Waals surface area contributed by atoms with Crippen molar-refractivity contribution in [3.8, 4) is 0 Å². The SMILES string of the molecule is CNC(C1=CCCCO1)c1cc(F)c(F)c(F)c1. The van der Waals surface area contributed by atoms with E-state index in [0.717, 1.165) is 25.0 Å². The largest absolute Gasteiger partial charge is 0.496 e. The maximum absolute atomic E-state index is 13.2. The maximum Gasteiger partial charge on any atom is 0.194 e. The molecule has 18 heavy (non-hydrogen) atoms. The van der Waals surface area contributed by atoms with Crippen molar-refractivity contribution in [2.24, 2.45) is 0 Å². The topological polar surface area (TPSA) is 21.3 Å². The first-order valence-electron chi connectivity index (χ1n) is 5.78. The number of ether oxygens (including phenoxy) is 1. The summed E-state index contributed by atoms with van der Waals surface area (Å²) in [4.78, 5) is 0. The summed E-state index contributed by atoms with van der Waals surface area (Å²) in [7, 11) is 1.66. The summed E-state index contributed by atoms with van der Waals surface area (Å²) in [5.74, 6) is -3.22. The smallest absolute Gasteiger partial charge is 0.194 e. The van der Waals surface area contributed by atoms with Gasteiger partial charge < -0.3 is 10.1 Å². The van der Waals surface area contributed by atoms with Gasteiger partial charge >= 0.3 is 0 Å². The molecule has 0 fully saturated rings. The fourth-order valence-electron chi connectivity index (χ4n) is 1.99. The second kappa shape index (κ2) is 5.44. The molecule has 1 unspecified atom stereocenters. The number of likely N-dealkylation sites (N-methyl/N-ethyl adjacent to an activating group) is 1. The van der Waals surface area contributed by atoms with Crippen molar-refractivity contribution in [1.29, 1.82) is 0 Å². The third-order valence-electron chi connectivity index (χ3n) is 2.88. The average Bonchev–Trinajstić information content (AvgIpc) is 2.38. The molecule has 0 saturated heterocycles. The van der Waals surface area contributed by atoms with Crippen LogP contribution in [-0.2, 0) is 4.74 Å². The van der Waals surface area contributed by atoms with Crippen LogP contribution in [0.25, 0.3) is 0 Å². The summed E-state index contributed by atoms with van der Waals surface area (Å²) < 4.78 is 44.8. The van der Waals surface area contributed by atoms with Crippen LogP contribution in [-0.4, -0.2) is 13.7 Å². The standard InChI is InChI=1S/C13H14F3NO/c1-17-13(11-4-2-3-5-18-11)8-6-9(14)12(16)10(15)7-8/h4,6-7,13,17H,2-3,5H2,1H3. The van der Waals surface area contributed by atoms with E-state index in [4.69, 9.17) is 4.74 Å². The predicted octanol–water partition coefficient (Wildman–Crippen LogP) is 3.06. The number of nitrogens with one attached hydrogen (secondary N) is 1. The minimum Gasteiger partial charge on any atom is -0.496 e. The molecule has 0 aliphatic carbocycles. The second-order valence-electron chi connectivity index (χ2n) is 4.12. The third-order valence-corrected chi connectivity index (χ3v) is 2.88. The highest BCUT2D eigenvalue weighted by atomic mass is 19.2. The normalized spacial score (nSPS) is 17.0. The Morgan fingerprint density at radius 2 is 1.89 bits per heavy atom. The molecule has 0 saturated carbocycles. The molecule has 1 aliphatic heterocycles. The first-order chi connectivity index (χ1) is 8.63. The molecule has 1 aromatic carbocycles. The Labute approximate surface area is 103 Å². The van der Waals surface area contributed by atoms with Gasteiger partial charge in [0.2, 0.25) is 0 Å². The van der Waals surface area contributed by atoms with Gasteiger partial charge in [0.05, 0.1) is 12.6 Å². The van der Waals surface area contributed by atoms with Crippen LogP contribution in [0.4, 0.5) is 13.2 Å². The third kappa shape index (κ3) is 2.51. The molecule has 1 heterocycles. The van der Waals surface area contributed by atoms with Gasteiger partial charge in [0, 0.05) is 0 Å². The van der Waals surface area contributed by atoms with Crippen LogP contribution in [0.5, 0.6) is 0 Å². The highest BCUT2D eigenvalue weighted by Crippen LogP contribution is 2.27. The van der Waals surface area contributed by atoms with Crippen molar-refractivity contribution in [3.63, 3.8) is 0 Å². The number of allylic oxidation sites excluding steroid dienone is 1. The van der Waals surface area contributed by atoms with Crippen LogP contribution < -0.4 is 5.32 Å². The van der Waals surface area contributed by atoms with Crippen LogP contribution in [0, 0.1) is 17.5 Å². The van der Waals surface area contributed by atoms with Crippen LogP contribution in [0.3, 0.4) is 0 Å². The van der Waals surface area contributed by atoms with Crippen LogP contribution in [0.2, 0.25) is 0 Å². The summed E-state index contributed by atoms with van der Waals surface area (Å²) >= 11 is 0. The summed E-state index contributed by atoms with van der Waals surface area (Å²) in [5.41, 5.74) is 0.307. The molecule has 1 N–H and O–H groups in total. The fourth-order valence-corrected chi connectivity index (χ4v) is 1.99. The number of hydrogen-bond acceptors (Lipinski definition) is 2. The summed E-state index contributed by atoms with van der Waals surface area (Å²) in [6.45, 7) is 0.580. The average molecular weight is 257 g/mol. The predicted molar refractivity (Wildman–Crippen MR) is 61.4 cm³/mol. The quantitative estimate of drug-likeness (QED) is 0.840. The van der Waals surface area contributed by atoms with Crippen LogP contribution in [0.1, 0.15) is 24.4 Å². The zero-order valence-electron chi connectivity index (χ0n) is 9.97. The summed E-state index contributed by atoms with van der Waals surface area (Å²) in [5, 5.41) is 2.91. The van der Waals surface area contributed by atoms with Gasteiger partial charge in [-0.05, 0) is 43.7 Å². The number of rotatable bonds is 3. The highest BCUT2D eigenvalue weighted by Gasteiger charge is 2.21.